The molecule has 0 aliphatic heterocycles. The van der Waals surface area contributed by atoms with Gasteiger partial charge in [0, 0.05) is 24.3 Å². The monoisotopic (exact) mass is 156 g/mol. The Kier molecular flexibility index (Phi) is 6.18. The molecule has 1 aromatic heterocycles. The molecule has 1 rings (SSSR count). The van der Waals surface area contributed by atoms with E-state index in [4.69, 9.17) is 0 Å². The van der Waals surface area contributed by atoms with Gasteiger partial charge in [-0.05, 0) is 0 Å². The van der Waals surface area contributed by atoms with E-state index in [-0.39, 0.29) is 0 Å². The lowest BCUT2D eigenvalue weighted by molar-refractivity contribution is 1.10. The minimum atomic E-state index is 0.661. The highest BCUT2D eigenvalue weighted by Gasteiger charge is 1.83. The predicted molar refractivity (Wildman–Crippen MR) is 46.1 cm³/mol. The summed E-state index contributed by atoms with van der Waals surface area (Å²) in [5.74, 6) is 0.661. The third-order valence-corrected chi connectivity index (χ3v) is 1.10. The molecule has 0 N–H and O–H groups in total. The molecule has 0 spiro atoms. The summed E-state index contributed by atoms with van der Waals surface area (Å²) in [5, 5.41) is 0. The van der Waals surface area contributed by atoms with Crippen molar-refractivity contribution in [2.75, 3.05) is 0 Å². The summed E-state index contributed by atoms with van der Waals surface area (Å²) >= 11 is 4.01. The molecule has 0 saturated heterocycles. The minimum Gasteiger partial charge on any atom is -0.261 e. The van der Waals surface area contributed by atoms with Gasteiger partial charge in [0.15, 0.2) is 0 Å². The molecule has 1 heterocycles. The summed E-state index contributed by atoms with van der Waals surface area (Å²) in [7, 11) is 0. The molecule has 0 saturated carbocycles. The van der Waals surface area contributed by atoms with E-state index in [2.05, 4.69) is 22.6 Å². The fraction of sp³-hybridized carbons (Fsp3) is 0.429. The fourth-order valence-electron chi connectivity index (χ4n) is 0.412. The van der Waals surface area contributed by atoms with Crippen LogP contribution in [0.3, 0.4) is 0 Å². The molecule has 3 heteroatoms. The van der Waals surface area contributed by atoms with Gasteiger partial charge in [0.2, 0.25) is 0 Å². The lowest BCUT2D eigenvalue weighted by Crippen LogP contribution is -1.82. The Morgan fingerprint density at radius 1 is 1.40 bits per heavy atom. The predicted octanol–water partition coefficient (Wildman–Crippen LogP) is 1.93. The van der Waals surface area contributed by atoms with Crippen molar-refractivity contribution >= 4 is 12.6 Å². The SMILES string of the molecule is CC.SCc1cnccn1. The first-order chi connectivity index (χ1) is 4.93. The van der Waals surface area contributed by atoms with Crippen molar-refractivity contribution in [2.45, 2.75) is 19.6 Å². The van der Waals surface area contributed by atoms with Crippen LogP contribution >= 0.6 is 12.6 Å². The molecule has 0 fully saturated rings. The average Bonchev–Trinajstić information content (AvgIpc) is 2.10. The third kappa shape index (κ3) is 3.45. The Labute approximate surface area is 67.1 Å². The molecular weight excluding hydrogens is 144 g/mol. The Balaban J connectivity index is 0.000000371. The van der Waals surface area contributed by atoms with E-state index in [9.17, 15) is 0 Å². The lowest BCUT2D eigenvalue weighted by atomic mass is 10.5. The minimum absolute atomic E-state index is 0.661. The smallest absolute Gasteiger partial charge is 0.0682 e. The highest BCUT2D eigenvalue weighted by Crippen LogP contribution is 1.92. The summed E-state index contributed by atoms with van der Waals surface area (Å²) in [5.41, 5.74) is 0.913. The van der Waals surface area contributed by atoms with Crippen molar-refractivity contribution in [1.29, 1.82) is 0 Å². The summed E-state index contributed by atoms with van der Waals surface area (Å²) in [6, 6.07) is 0. The summed E-state index contributed by atoms with van der Waals surface area (Å²) in [6.07, 6.45) is 5.01. The molecule has 0 bridgehead atoms. The van der Waals surface area contributed by atoms with E-state index in [0.717, 1.165) is 5.69 Å². The molecule has 56 valence electrons. The maximum Gasteiger partial charge on any atom is 0.0682 e. The van der Waals surface area contributed by atoms with Crippen LogP contribution in [0.15, 0.2) is 18.6 Å². The number of hydrogen-bond acceptors (Lipinski definition) is 3. The fourth-order valence-corrected chi connectivity index (χ4v) is 0.575. The number of thiol groups is 1. The van der Waals surface area contributed by atoms with Crippen molar-refractivity contribution in [3.63, 3.8) is 0 Å². The maximum atomic E-state index is 4.01. The number of rotatable bonds is 1. The second-order valence-corrected chi connectivity index (χ2v) is 1.67. The summed E-state index contributed by atoms with van der Waals surface area (Å²) in [6.45, 7) is 4.00. The van der Waals surface area contributed by atoms with Gasteiger partial charge in [0.25, 0.3) is 0 Å². The molecule has 0 radical (unpaired) electrons. The van der Waals surface area contributed by atoms with Gasteiger partial charge in [0.1, 0.15) is 0 Å². The van der Waals surface area contributed by atoms with Crippen LogP contribution in [0.4, 0.5) is 0 Å². The van der Waals surface area contributed by atoms with Crippen LogP contribution in [0.25, 0.3) is 0 Å². The van der Waals surface area contributed by atoms with Crippen LogP contribution in [0, 0.1) is 0 Å². The molecule has 0 aromatic carbocycles. The van der Waals surface area contributed by atoms with Crippen molar-refractivity contribution < 1.29 is 0 Å². The molecule has 0 aliphatic carbocycles. The Bertz CT molecular complexity index is 153. The molecule has 0 amide bonds. The first-order valence-electron chi connectivity index (χ1n) is 3.29. The van der Waals surface area contributed by atoms with E-state index in [1.165, 1.54) is 0 Å². The maximum absolute atomic E-state index is 4.01. The summed E-state index contributed by atoms with van der Waals surface area (Å²) in [4.78, 5) is 7.80. The van der Waals surface area contributed by atoms with E-state index in [1.807, 2.05) is 13.8 Å². The molecule has 0 aliphatic rings. The number of nitrogens with zero attached hydrogens (tertiary/aromatic N) is 2. The standard InChI is InChI=1S/C5H6N2S.C2H6/c8-4-5-3-6-1-2-7-5;1-2/h1-3,8H,4H2;1-2H3. The van der Waals surface area contributed by atoms with E-state index < -0.39 is 0 Å². The second-order valence-electron chi connectivity index (χ2n) is 1.35. The highest BCUT2D eigenvalue weighted by atomic mass is 32.1. The van der Waals surface area contributed by atoms with Gasteiger partial charge in [-0.2, -0.15) is 12.6 Å². The molecular formula is C7H12N2S. The van der Waals surface area contributed by atoms with Gasteiger partial charge in [-0.25, -0.2) is 0 Å². The van der Waals surface area contributed by atoms with Gasteiger partial charge in [0.05, 0.1) is 5.69 Å². The molecule has 0 atom stereocenters. The van der Waals surface area contributed by atoms with E-state index in [0.29, 0.717) is 5.75 Å². The molecule has 0 unspecified atom stereocenters. The van der Waals surface area contributed by atoms with Crippen LogP contribution in [0.2, 0.25) is 0 Å². The topological polar surface area (TPSA) is 25.8 Å². The normalized spacial score (nSPS) is 7.90. The van der Waals surface area contributed by atoms with Crippen LogP contribution < -0.4 is 0 Å². The van der Waals surface area contributed by atoms with Crippen LogP contribution in [-0.2, 0) is 5.75 Å². The zero-order chi connectivity index (χ0) is 7.82. The van der Waals surface area contributed by atoms with Gasteiger partial charge in [-0.1, -0.05) is 13.8 Å². The summed E-state index contributed by atoms with van der Waals surface area (Å²) < 4.78 is 0. The zero-order valence-corrected chi connectivity index (χ0v) is 7.18. The second kappa shape index (κ2) is 6.55. The number of aromatic nitrogens is 2. The van der Waals surface area contributed by atoms with Crippen LogP contribution in [0.5, 0.6) is 0 Å². The van der Waals surface area contributed by atoms with Crippen LogP contribution in [0.1, 0.15) is 19.5 Å². The average molecular weight is 156 g/mol. The number of hydrogen-bond donors (Lipinski definition) is 1. The van der Waals surface area contributed by atoms with Gasteiger partial charge in [-0.15, -0.1) is 0 Å². The Morgan fingerprint density at radius 2 is 2.10 bits per heavy atom. The van der Waals surface area contributed by atoms with Crippen molar-refractivity contribution in [3.05, 3.63) is 24.3 Å². The molecule has 2 nitrogen and oxygen atoms in total. The largest absolute Gasteiger partial charge is 0.261 e. The first-order valence-corrected chi connectivity index (χ1v) is 3.92. The molecule has 10 heavy (non-hydrogen) atoms. The van der Waals surface area contributed by atoms with Crippen molar-refractivity contribution in [2.24, 2.45) is 0 Å². The first kappa shape index (κ1) is 9.43. The van der Waals surface area contributed by atoms with Gasteiger partial charge >= 0.3 is 0 Å². The van der Waals surface area contributed by atoms with E-state index in [1.54, 1.807) is 18.6 Å². The third-order valence-electron chi connectivity index (χ3n) is 0.779. The van der Waals surface area contributed by atoms with Gasteiger partial charge < -0.3 is 0 Å². The lowest BCUT2D eigenvalue weighted by Gasteiger charge is -1.87. The molecule has 1 aromatic rings. The Morgan fingerprint density at radius 3 is 2.40 bits per heavy atom. The zero-order valence-electron chi connectivity index (χ0n) is 6.28. The Hall–Kier alpha value is -0.570. The quantitative estimate of drug-likeness (QED) is 0.629. The highest BCUT2D eigenvalue weighted by molar-refractivity contribution is 7.79. The van der Waals surface area contributed by atoms with E-state index >= 15 is 0 Å². The van der Waals surface area contributed by atoms with Crippen molar-refractivity contribution in [3.8, 4) is 0 Å². The van der Waals surface area contributed by atoms with Crippen molar-refractivity contribution in [1.82, 2.24) is 9.97 Å². The van der Waals surface area contributed by atoms with Crippen LogP contribution in [-0.4, -0.2) is 9.97 Å². The van der Waals surface area contributed by atoms with Gasteiger partial charge in [-0.3, -0.25) is 9.97 Å².